The highest BCUT2D eigenvalue weighted by atomic mass is 14.2. The predicted octanol–water partition coefficient (Wildman–Crippen LogP) is 10.9. The number of allylic oxidation sites excluding steroid dienone is 4. The summed E-state index contributed by atoms with van der Waals surface area (Å²) in [5.74, 6) is 0.526. The second kappa shape index (κ2) is 14.9. The van der Waals surface area contributed by atoms with Gasteiger partial charge < -0.3 is 0 Å². The number of benzene rings is 2. The van der Waals surface area contributed by atoms with Crippen molar-refractivity contribution in [2.24, 2.45) is 0 Å². The van der Waals surface area contributed by atoms with Crippen molar-refractivity contribution >= 4 is 0 Å². The van der Waals surface area contributed by atoms with Gasteiger partial charge in [0.15, 0.2) is 0 Å². The van der Waals surface area contributed by atoms with Crippen LogP contribution in [-0.4, -0.2) is 0 Å². The minimum Gasteiger partial charge on any atom is -0.0995 e. The molecule has 0 saturated heterocycles. The van der Waals surface area contributed by atoms with Gasteiger partial charge in [-0.2, -0.15) is 0 Å². The van der Waals surface area contributed by atoms with E-state index in [0.717, 1.165) is 32.1 Å². The van der Waals surface area contributed by atoms with Gasteiger partial charge in [0.05, 0.1) is 0 Å². The van der Waals surface area contributed by atoms with Crippen molar-refractivity contribution in [1.82, 2.24) is 0 Å². The lowest BCUT2D eigenvalue weighted by molar-refractivity contribution is 0.611. The first-order valence-corrected chi connectivity index (χ1v) is 13.7. The Hall–Kier alpha value is -2.34. The molecule has 0 bridgehead atoms. The van der Waals surface area contributed by atoms with Crippen LogP contribution in [0.1, 0.15) is 114 Å². The van der Waals surface area contributed by atoms with E-state index in [-0.39, 0.29) is 8.85 Å². The molecule has 1 atom stereocenters. The van der Waals surface area contributed by atoms with Crippen LogP contribution in [0.15, 0.2) is 78.4 Å². The maximum atomic E-state index is 4.41. The average Bonchev–Trinajstić information content (AvgIpc) is 2.82. The van der Waals surface area contributed by atoms with Crippen molar-refractivity contribution in [2.45, 2.75) is 111 Å². The summed E-state index contributed by atoms with van der Waals surface area (Å²) in [6, 6.07) is 16.5. The molecule has 0 N–H and O–H groups in total. The molecule has 0 spiro atoms. The van der Waals surface area contributed by atoms with Gasteiger partial charge in [0, 0.05) is 1.43 Å². The first-order chi connectivity index (χ1) is 16.5. The Morgan fingerprint density at radius 1 is 0.857 bits per heavy atom. The summed E-state index contributed by atoms with van der Waals surface area (Å²) >= 11 is 0. The molecule has 0 heteroatoms. The van der Waals surface area contributed by atoms with E-state index in [0.29, 0.717) is 5.92 Å². The van der Waals surface area contributed by atoms with Gasteiger partial charge >= 0.3 is 0 Å². The number of hydrogen-bond acceptors (Lipinski definition) is 0. The lowest BCUT2D eigenvalue weighted by Crippen LogP contribution is -2.08. The fourth-order valence-corrected chi connectivity index (χ4v) is 5.38. The molecule has 0 aliphatic heterocycles. The summed E-state index contributed by atoms with van der Waals surface area (Å²) in [6.07, 6.45) is 16.6. The Bertz CT molecular complexity index is 976. The maximum Gasteiger partial charge on any atom is 0 e. The number of hydrogen-bond donors (Lipinski definition) is 0. The Balaban J connectivity index is 0.00000324. The zero-order valence-electron chi connectivity index (χ0n) is 22.1. The Labute approximate surface area is 218 Å². The van der Waals surface area contributed by atoms with Crippen LogP contribution in [-0.2, 0) is 19.3 Å². The van der Waals surface area contributed by atoms with E-state index in [1.807, 2.05) is 0 Å². The smallest absolute Gasteiger partial charge is 0 e. The van der Waals surface area contributed by atoms with E-state index in [4.69, 9.17) is 0 Å². The first kappa shape index (κ1) is 28.9. The van der Waals surface area contributed by atoms with Gasteiger partial charge in [-0.05, 0) is 99.3 Å². The molecule has 1 unspecified atom stereocenters. The van der Waals surface area contributed by atoms with Gasteiger partial charge in [0.1, 0.15) is 0 Å². The summed E-state index contributed by atoms with van der Waals surface area (Å²) in [6.45, 7) is 15.4. The molecule has 0 aromatic heterocycles. The fraction of sp³-hybridized carbons (Fsp3) is 0.486. The van der Waals surface area contributed by atoms with Crippen molar-refractivity contribution in [3.8, 4) is 0 Å². The van der Waals surface area contributed by atoms with E-state index in [2.05, 4.69) is 82.5 Å². The highest BCUT2D eigenvalue weighted by Crippen LogP contribution is 2.34. The van der Waals surface area contributed by atoms with Crippen molar-refractivity contribution in [1.29, 1.82) is 0 Å². The number of rotatable bonds is 13. The molecule has 0 fully saturated rings. The van der Waals surface area contributed by atoms with Crippen LogP contribution < -0.4 is 0 Å². The van der Waals surface area contributed by atoms with Gasteiger partial charge in [-0.3, -0.25) is 0 Å². The SMILES string of the molecule is C.C=C(CCC)Cc1ccc(C(CC2=CCCCC2)Cc2ccc(C)cc2)cc1CC(=C)CCC.[HH]. The molecular weight excluding hydrogens is 420 g/mol. The van der Waals surface area contributed by atoms with Crippen LogP contribution in [0, 0.1) is 6.92 Å². The summed E-state index contributed by atoms with van der Waals surface area (Å²) in [5.41, 5.74) is 11.6. The van der Waals surface area contributed by atoms with Crippen LogP contribution in [0.5, 0.6) is 0 Å². The monoisotopic (exact) mass is 472 g/mol. The third-order valence-corrected chi connectivity index (χ3v) is 7.29. The van der Waals surface area contributed by atoms with Gasteiger partial charge in [-0.25, -0.2) is 0 Å². The zero-order chi connectivity index (χ0) is 24.3. The van der Waals surface area contributed by atoms with Crippen LogP contribution >= 0.6 is 0 Å². The zero-order valence-corrected chi connectivity index (χ0v) is 22.1. The number of aryl methyl sites for hydroxylation is 1. The Morgan fingerprint density at radius 2 is 1.51 bits per heavy atom. The first-order valence-electron chi connectivity index (χ1n) is 13.7. The summed E-state index contributed by atoms with van der Waals surface area (Å²) < 4.78 is 0. The van der Waals surface area contributed by atoms with Crippen LogP contribution in [0.4, 0.5) is 0 Å². The normalized spacial score (nSPS) is 14.1. The lowest BCUT2D eigenvalue weighted by atomic mass is 9.81. The van der Waals surface area contributed by atoms with Crippen molar-refractivity contribution < 1.29 is 1.43 Å². The summed E-state index contributed by atoms with van der Waals surface area (Å²) in [5, 5.41) is 0. The van der Waals surface area contributed by atoms with Crippen LogP contribution in [0.25, 0.3) is 0 Å². The molecular formula is C35H52. The quantitative estimate of drug-likeness (QED) is 0.254. The molecule has 0 heterocycles. The van der Waals surface area contributed by atoms with E-state index in [9.17, 15) is 0 Å². The van der Waals surface area contributed by atoms with E-state index in [1.54, 1.807) is 5.57 Å². The van der Waals surface area contributed by atoms with Crippen molar-refractivity contribution in [3.63, 3.8) is 0 Å². The second-order valence-corrected chi connectivity index (χ2v) is 10.6. The van der Waals surface area contributed by atoms with Gasteiger partial charge in [-0.1, -0.05) is 118 Å². The maximum absolute atomic E-state index is 4.41. The lowest BCUT2D eigenvalue weighted by Gasteiger charge is -2.23. The Kier molecular flexibility index (Phi) is 12.3. The molecule has 192 valence electrons. The summed E-state index contributed by atoms with van der Waals surface area (Å²) in [7, 11) is 0. The molecule has 0 radical (unpaired) electrons. The largest absolute Gasteiger partial charge is 0.0995 e. The molecule has 0 saturated carbocycles. The highest BCUT2D eigenvalue weighted by molar-refractivity contribution is 5.39. The van der Waals surface area contributed by atoms with Crippen LogP contribution in [0.2, 0.25) is 0 Å². The molecule has 2 aromatic carbocycles. The molecule has 35 heavy (non-hydrogen) atoms. The van der Waals surface area contributed by atoms with Gasteiger partial charge in [0.2, 0.25) is 0 Å². The topological polar surface area (TPSA) is 0 Å². The van der Waals surface area contributed by atoms with Crippen molar-refractivity contribution in [3.05, 3.63) is 106 Å². The van der Waals surface area contributed by atoms with E-state index >= 15 is 0 Å². The molecule has 0 nitrogen and oxygen atoms in total. The fourth-order valence-electron chi connectivity index (χ4n) is 5.38. The highest BCUT2D eigenvalue weighted by Gasteiger charge is 2.18. The van der Waals surface area contributed by atoms with Crippen molar-refractivity contribution in [2.75, 3.05) is 0 Å². The predicted molar refractivity (Wildman–Crippen MR) is 160 cm³/mol. The molecule has 3 rings (SSSR count). The molecule has 1 aliphatic carbocycles. The standard InChI is InChI=1S/C34H46.CH4.H2/c1-6-11-27(4)21-31-19-20-32(25-33(31)22-28(5)12-7-2)34(23-29-13-9-8-10-14-29)24-30-17-15-26(3)16-18-30;;/h13,15-20,25,34H,4-12,14,21-24H2,1-3H3;1H4;1H. The third-order valence-electron chi connectivity index (χ3n) is 7.29. The Morgan fingerprint density at radius 3 is 2.11 bits per heavy atom. The minimum absolute atomic E-state index is 0. The summed E-state index contributed by atoms with van der Waals surface area (Å²) in [4.78, 5) is 0. The average molecular weight is 473 g/mol. The van der Waals surface area contributed by atoms with Gasteiger partial charge in [0.25, 0.3) is 0 Å². The molecule has 0 amide bonds. The van der Waals surface area contributed by atoms with E-state index < -0.39 is 0 Å². The van der Waals surface area contributed by atoms with Crippen LogP contribution in [0.3, 0.4) is 0 Å². The molecule has 1 aliphatic rings. The molecule has 2 aromatic rings. The third kappa shape index (κ3) is 9.32. The minimum atomic E-state index is 0. The van der Waals surface area contributed by atoms with Gasteiger partial charge in [-0.15, -0.1) is 0 Å². The van der Waals surface area contributed by atoms with E-state index in [1.165, 1.54) is 83.9 Å². The second-order valence-electron chi connectivity index (χ2n) is 10.6.